The van der Waals surface area contributed by atoms with Crippen LogP contribution in [0.3, 0.4) is 0 Å². The first-order chi connectivity index (χ1) is 13.2. The molecule has 1 amide bonds. The van der Waals surface area contributed by atoms with Crippen LogP contribution in [0.2, 0.25) is 5.02 Å². The molecule has 0 spiro atoms. The van der Waals surface area contributed by atoms with Gasteiger partial charge in [0.1, 0.15) is 5.69 Å². The van der Waals surface area contributed by atoms with Crippen LogP contribution in [-0.4, -0.2) is 46.8 Å². The molecule has 0 N–H and O–H groups in total. The van der Waals surface area contributed by atoms with Gasteiger partial charge < -0.3 is 9.64 Å². The van der Waals surface area contributed by atoms with E-state index in [1.807, 2.05) is 0 Å². The van der Waals surface area contributed by atoms with Crippen LogP contribution in [0.25, 0.3) is 5.69 Å². The Labute approximate surface area is 163 Å². The fourth-order valence-corrected chi connectivity index (χ4v) is 3.34. The molecule has 1 saturated heterocycles. The molecule has 2 aromatic rings. The molecule has 1 aliphatic heterocycles. The van der Waals surface area contributed by atoms with Crippen molar-refractivity contribution >= 4 is 23.5 Å². The van der Waals surface area contributed by atoms with Crippen LogP contribution in [-0.2, 0) is 15.7 Å². The minimum atomic E-state index is -4.71. The van der Waals surface area contributed by atoms with Crippen LogP contribution in [0.1, 0.15) is 29.0 Å². The highest BCUT2D eigenvalue weighted by molar-refractivity contribution is 6.32. The molecular weight excluding hydrogens is 399 g/mol. The third-order valence-electron chi connectivity index (χ3n) is 4.62. The van der Waals surface area contributed by atoms with E-state index < -0.39 is 17.8 Å². The Bertz CT molecular complexity index is 890. The summed E-state index contributed by atoms with van der Waals surface area (Å²) in [5, 5.41) is 3.74. The van der Waals surface area contributed by atoms with E-state index in [4.69, 9.17) is 16.3 Å². The summed E-state index contributed by atoms with van der Waals surface area (Å²) in [4.78, 5) is 26.0. The van der Waals surface area contributed by atoms with Crippen molar-refractivity contribution in [2.45, 2.75) is 19.0 Å². The van der Waals surface area contributed by atoms with E-state index in [9.17, 15) is 22.8 Å². The summed E-state index contributed by atoms with van der Waals surface area (Å²) >= 11 is 6.10. The zero-order valence-electron chi connectivity index (χ0n) is 14.9. The average Bonchev–Trinajstić information content (AvgIpc) is 3.13. The molecule has 3 rings (SSSR count). The molecule has 1 aromatic heterocycles. The maximum absolute atomic E-state index is 13.2. The number of carbonyl (C=O) groups is 2. The largest absolute Gasteiger partial charge is 0.469 e. The quantitative estimate of drug-likeness (QED) is 0.719. The standard InChI is InChI=1S/C18H17ClF3N3O3/c1-28-17(27)11-6-8-24(9-7-11)16(26)14-10-15(18(20,21)22)23-25(14)13-5-3-2-4-12(13)19/h2-5,10-11H,6-9H2,1H3. The lowest BCUT2D eigenvalue weighted by Gasteiger charge is -2.30. The third kappa shape index (κ3) is 3.99. The number of alkyl halides is 3. The van der Waals surface area contributed by atoms with Crippen LogP contribution < -0.4 is 0 Å². The lowest BCUT2D eigenvalue weighted by Crippen LogP contribution is -2.41. The van der Waals surface area contributed by atoms with Gasteiger partial charge in [-0.15, -0.1) is 0 Å². The summed E-state index contributed by atoms with van der Waals surface area (Å²) in [6, 6.07) is 6.92. The highest BCUT2D eigenvalue weighted by Gasteiger charge is 2.37. The van der Waals surface area contributed by atoms with Gasteiger partial charge in [0, 0.05) is 19.2 Å². The van der Waals surface area contributed by atoms with Gasteiger partial charge in [0.15, 0.2) is 5.69 Å². The van der Waals surface area contributed by atoms with Crippen molar-refractivity contribution in [2.24, 2.45) is 5.92 Å². The van der Waals surface area contributed by atoms with Crippen LogP contribution in [0.15, 0.2) is 30.3 Å². The Morgan fingerprint density at radius 1 is 1.21 bits per heavy atom. The number of rotatable bonds is 3. The number of hydrogen-bond acceptors (Lipinski definition) is 4. The van der Waals surface area contributed by atoms with Crippen molar-refractivity contribution in [3.63, 3.8) is 0 Å². The SMILES string of the molecule is COC(=O)C1CCN(C(=O)c2cc(C(F)(F)F)nn2-c2ccccc2Cl)CC1. The number of amides is 1. The summed E-state index contributed by atoms with van der Waals surface area (Å²) in [7, 11) is 1.29. The molecule has 1 aliphatic rings. The second-order valence-corrected chi connectivity index (χ2v) is 6.77. The first-order valence-electron chi connectivity index (χ1n) is 8.51. The van der Waals surface area contributed by atoms with Gasteiger partial charge in [0.05, 0.1) is 23.7 Å². The average molecular weight is 416 g/mol. The summed E-state index contributed by atoms with van der Waals surface area (Å²) in [5.41, 5.74) is -1.25. The van der Waals surface area contributed by atoms with E-state index >= 15 is 0 Å². The first-order valence-corrected chi connectivity index (χ1v) is 8.89. The maximum atomic E-state index is 13.2. The first kappa shape index (κ1) is 20.2. The van der Waals surface area contributed by atoms with Gasteiger partial charge in [-0.3, -0.25) is 9.59 Å². The molecule has 0 bridgehead atoms. The Morgan fingerprint density at radius 2 is 1.86 bits per heavy atom. The van der Waals surface area contributed by atoms with E-state index in [-0.39, 0.29) is 41.4 Å². The van der Waals surface area contributed by atoms with Crippen molar-refractivity contribution in [1.82, 2.24) is 14.7 Å². The summed E-state index contributed by atoms with van der Waals surface area (Å²) in [6.07, 6.45) is -3.95. The summed E-state index contributed by atoms with van der Waals surface area (Å²) in [6.45, 7) is 0.460. The molecule has 28 heavy (non-hydrogen) atoms. The fourth-order valence-electron chi connectivity index (χ4n) is 3.13. The Kier molecular flexibility index (Phi) is 5.64. The molecule has 0 unspecified atom stereocenters. The number of aromatic nitrogens is 2. The molecule has 1 fully saturated rings. The molecule has 150 valence electrons. The van der Waals surface area contributed by atoms with Crippen LogP contribution in [0, 0.1) is 5.92 Å². The zero-order valence-corrected chi connectivity index (χ0v) is 15.6. The zero-order chi connectivity index (χ0) is 20.5. The van der Waals surface area contributed by atoms with Gasteiger partial charge in [-0.05, 0) is 25.0 Å². The van der Waals surface area contributed by atoms with Crippen molar-refractivity contribution in [2.75, 3.05) is 20.2 Å². The van der Waals surface area contributed by atoms with Gasteiger partial charge in [0.25, 0.3) is 5.91 Å². The minimum absolute atomic E-state index is 0.165. The molecule has 0 atom stereocenters. The maximum Gasteiger partial charge on any atom is 0.435 e. The molecule has 0 aliphatic carbocycles. The van der Waals surface area contributed by atoms with Crippen molar-refractivity contribution in [3.05, 3.63) is 46.7 Å². The molecule has 6 nitrogen and oxygen atoms in total. The number of esters is 1. The number of benzene rings is 1. The lowest BCUT2D eigenvalue weighted by atomic mass is 9.97. The molecule has 0 radical (unpaired) electrons. The van der Waals surface area contributed by atoms with Crippen LogP contribution in [0.5, 0.6) is 0 Å². The van der Waals surface area contributed by atoms with E-state index in [2.05, 4.69) is 5.10 Å². The number of likely N-dealkylation sites (tertiary alicyclic amines) is 1. The number of hydrogen-bond donors (Lipinski definition) is 0. The minimum Gasteiger partial charge on any atom is -0.469 e. The lowest BCUT2D eigenvalue weighted by molar-refractivity contribution is -0.147. The molecule has 0 saturated carbocycles. The molecular formula is C18H17ClF3N3O3. The van der Waals surface area contributed by atoms with Crippen molar-refractivity contribution < 1.29 is 27.5 Å². The van der Waals surface area contributed by atoms with Gasteiger partial charge in [-0.1, -0.05) is 23.7 Å². The number of halogens is 4. The Balaban J connectivity index is 1.93. The van der Waals surface area contributed by atoms with E-state index in [1.165, 1.54) is 24.1 Å². The number of ether oxygens (including phenoxy) is 1. The van der Waals surface area contributed by atoms with E-state index in [0.717, 1.165) is 10.7 Å². The predicted octanol–water partition coefficient (Wildman–Crippen LogP) is 3.57. The normalized spacial score (nSPS) is 15.5. The Morgan fingerprint density at radius 3 is 2.43 bits per heavy atom. The number of nitrogens with zero attached hydrogens (tertiary/aromatic N) is 3. The highest BCUT2D eigenvalue weighted by atomic mass is 35.5. The predicted molar refractivity (Wildman–Crippen MR) is 94.2 cm³/mol. The molecule has 2 heterocycles. The topological polar surface area (TPSA) is 64.4 Å². The monoisotopic (exact) mass is 415 g/mol. The fraction of sp³-hybridized carbons (Fsp3) is 0.389. The number of carbonyl (C=O) groups excluding carboxylic acids is 2. The summed E-state index contributed by atoms with van der Waals surface area (Å²) in [5.74, 6) is -1.29. The molecule has 1 aromatic carbocycles. The van der Waals surface area contributed by atoms with Gasteiger partial charge in [-0.25, -0.2) is 4.68 Å². The van der Waals surface area contributed by atoms with E-state index in [1.54, 1.807) is 12.1 Å². The van der Waals surface area contributed by atoms with Gasteiger partial charge >= 0.3 is 12.1 Å². The highest BCUT2D eigenvalue weighted by Crippen LogP contribution is 2.32. The Hall–Kier alpha value is -2.55. The molecule has 10 heteroatoms. The third-order valence-corrected chi connectivity index (χ3v) is 4.94. The number of piperidine rings is 1. The van der Waals surface area contributed by atoms with Crippen LogP contribution >= 0.6 is 11.6 Å². The van der Waals surface area contributed by atoms with Gasteiger partial charge in [0.2, 0.25) is 0 Å². The second kappa shape index (κ2) is 7.83. The number of para-hydroxylation sites is 1. The smallest absolute Gasteiger partial charge is 0.435 e. The van der Waals surface area contributed by atoms with E-state index in [0.29, 0.717) is 12.8 Å². The van der Waals surface area contributed by atoms with Crippen molar-refractivity contribution in [3.8, 4) is 5.69 Å². The summed E-state index contributed by atoms with van der Waals surface area (Å²) < 4.78 is 45.2. The second-order valence-electron chi connectivity index (χ2n) is 6.37. The van der Waals surface area contributed by atoms with Crippen LogP contribution in [0.4, 0.5) is 13.2 Å². The number of methoxy groups -OCH3 is 1. The van der Waals surface area contributed by atoms with Crippen molar-refractivity contribution in [1.29, 1.82) is 0 Å². The van der Waals surface area contributed by atoms with Gasteiger partial charge in [-0.2, -0.15) is 18.3 Å².